The van der Waals surface area contributed by atoms with Crippen LogP contribution in [0.4, 0.5) is 0 Å². The summed E-state index contributed by atoms with van der Waals surface area (Å²) in [4.78, 5) is 13.8. The van der Waals surface area contributed by atoms with E-state index < -0.39 is 0 Å². The molecule has 1 aliphatic heterocycles. The number of aryl methyl sites for hydroxylation is 2. The Morgan fingerprint density at radius 1 is 1.42 bits per heavy atom. The zero-order chi connectivity index (χ0) is 13.8. The molecule has 0 unspecified atom stereocenters. The van der Waals surface area contributed by atoms with Crippen LogP contribution in [0.15, 0.2) is 4.47 Å². The van der Waals surface area contributed by atoms with E-state index in [1.54, 1.807) is 0 Å². The van der Waals surface area contributed by atoms with Crippen molar-refractivity contribution in [3.8, 4) is 0 Å². The van der Waals surface area contributed by atoms with E-state index in [4.69, 9.17) is 0 Å². The number of amides is 1. The zero-order valence-electron chi connectivity index (χ0n) is 11.6. The van der Waals surface area contributed by atoms with Crippen LogP contribution >= 0.6 is 15.9 Å². The first-order chi connectivity index (χ1) is 9.09. The number of likely N-dealkylation sites (tertiary alicyclic amines) is 1. The summed E-state index contributed by atoms with van der Waals surface area (Å²) in [7, 11) is 1.93. The molecule has 0 spiro atoms. The highest BCUT2D eigenvalue weighted by Gasteiger charge is 2.17. The van der Waals surface area contributed by atoms with Gasteiger partial charge in [0.2, 0.25) is 5.91 Å². The average molecular weight is 329 g/mol. The van der Waals surface area contributed by atoms with E-state index in [1.807, 2.05) is 23.6 Å². The Hall–Kier alpha value is -0.880. The molecule has 1 aromatic rings. The fourth-order valence-corrected chi connectivity index (χ4v) is 2.88. The first-order valence-corrected chi connectivity index (χ1v) is 7.55. The Labute approximate surface area is 122 Å². The average Bonchev–Trinajstić information content (AvgIpc) is 2.98. The first kappa shape index (κ1) is 14.5. The Bertz CT molecular complexity index is 452. The summed E-state index contributed by atoms with van der Waals surface area (Å²) in [5, 5.41) is 7.65. The van der Waals surface area contributed by atoms with Crippen LogP contribution in [-0.2, 0) is 18.4 Å². The lowest BCUT2D eigenvalue weighted by Crippen LogP contribution is -2.30. The Kier molecular flexibility index (Phi) is 4.99. The zero-order valence-corrected chi connectivity index (χ0v) is 13.2. The number of carbonyl (C=O) groups excluding carboxylic acids is 1. The summed E-state index contributed by atoms with van der Waals surface area (Å²) >= 11 is 3.54. The lowest BCUT2D eigenvalue weighted by Gasteiger charge is -2.15. The molecule has 1 saturated heterocycles. The van der Waals surface area contributed by atoms with Gasteiger partial charge in [-0.3, -0.25) is 9.48 Å². The molecular weight excluding hydrogens is 308 g/mol. The largest absolute Gasteiger partial charge is 0.343 e. The Morgan fingerprint density at radius 3 is 2.68 bits per heavy atom. The minimum atomic E-state index is 0.269. The van der Waals surface area contributed by atoms with Crippen molar-refractivity contribution in [1.29, 1.82) is 0 Å². The van der Waals surface area contributed by atoms with E-state index in [9.17, 15) is 4.79 Å². The summed E-state index contributed by atoms with van der Waals surface area (Å²) in [6.45, 7) is 5.29. The van der Waals surface area contributed by atoms with Crippen molar-refractivity contribution in [3.05, 3.63) is 15.9 Å². The molecule has 0 atom stereocenters. The highest BCUT2D eigenvalue weighted by Crippen LogP contribution is 2.19. The summed E-state index contributed by atoms with van der Waals surface area (Å²) in [5.41, 5.74) is 2.11. The molecule has 106 valence electrons. The van der Waals surface area contributed by atoms with Crippen LogP contribution < -0.4 is 5.32 Å². The minimum Gasteiger partial charge on any atom is -0.343 e. The van der Waals surface area contributed by atoms with Gasteiger partial charge in [-0.25, -0.2) is 0 Å². The van der Waals surface area contributed by atoms with Gasteiger partial charge in [-0.2, -0.15) is 5.10 Å². The van der Waals surface area contributed by atoms with E-state index in [0.717, 1.165) is 48.3 Å². The summed E-state index contributed by atoms with van der Waals surface area (Å²) in [5.74, 6) is 0.269. The van der Waals surface area contributed by atoms with Crippen LogP contribution in [0, 0.1) is 6.92 Å². The van der Waals surface area contributed by atoms with Gasteiger partial charge in [0.1, 0.15) is 0 Å². The van der Waals surface area contributed by atoms with Gasteiger partial charge < -0.3 is 10.2 Å². The maximum Gasteiger partial charge on any atom is 0.223 e. The number of carbonyl (C=O) groups is 1. The van der Waals surface area contributed by atoms with Crippen molar-refractivity contribution in [2.45, 2.75) is 32.7 Å². The van der Waals surface area contributed by atoms with Crippen LogP contribution in [0.5, 0.6) is 0 Å². The molecule has 2 heterocycles. The van der Waals surface area contributed by atoms with E-state index in [2.05, 4.69) is 26.3 Å². The molecule has 0 bridgehead atoms. The normalized spacial score (nSPS) is 15.2. The molecule has 1 fully saturated rings. The fourth-order valence-electron chi connectivity index (χ4n) is 2.40. The molecule has 1 aliphatic rings. The SMILES string of the molecule is Cc1nn(C)c(CNCCC(=O)N2CCCC2)c1Br. The predicted molar refractivity (Wildman–Crippen MR) is 77.8 cm³/mol. The van der Waals surface area contributed by atoms with E-state index in [1.165, 1.54) is 0 Å². The van der Waals surface area contributed by atoms with Crippen molar-refractivity contribution in [2.75, 3.05) is 19.6 Å². The molecule has 0 aliphatic carbocycles. The standard InChI is InChI=1S/C13H21BrN4O/c1-10-13(14)11(17(2)16-10)9-15-6-5-12(19)18-7-3-4-8-18/h15H,3-9H2,1-2H3. The molecule has 0 saturated carbocycles. The van der Waals surface area contributed by atoms with Gasteiger partial charge in [-0.05, 0) is 35.7 Å². The number of rotatable bonds is 5. The molecular formula is C13H21BrN4O. The Balaban J connectivity index is 1.73. The summed E-state index contributed by atoms with van der Waals surface area (Å²) in [6, 6.07) is 0. The molecule has 0 aromatic carbocycles. The van der Waals surface area contributed by atoms with Gasteiger partial charge in [0.15, 0.2) is 0 Å². The molecule has 5 nitrogen and oxygen atoms in total. The van der Waals surface area contributed by atoms with Crippen LogP contribution in [0.3, 0.4) is 0 Å². The second-order valence-corrected chi connectivity index (χ2v) is 5.78. The maximum absolute atomic E-state index is 11.9. The van der Waals surface area contributed by atoms with Crippen molar-refractivity contribution in [3.63, 3.8) is 0 Å². The van der Waals surface area contributed by atoms with Gasteiger partial charge in [0.25, 0.3) is 0 Å². The number of hydrogen-bond donors (Lipinski definition) is 1. The summed E-state index contributed by atoms with van der Waals surface area (Å²) < 4.78 is 2.92. The smallest absolute Gasteiger partial charge is 0.223 e. The lowest BCUT2D eigenvalue weighted by atomic mass is 10.3. The molecule has 1 aromatic heterocycles. The fraction of sp³-hybridized carbons (Fsp3) is 0.692. The summed E-state index contributed by atoms with van der Waals surface area (Å²) in [6.07, 6.45) is 2.88. The van der Waals surface area contributed by atoms with E-state index >= 15 is 0 Å². The monoisotopic (exact) mass is 328 g/mol. The number of halogens is 1. The molecule has 1 N–H and O–H groups in total. The van der Waals surface area contributed by atoms with Crippen molar-refractivity contribution in [2.24, 2.45) is 7.05 Å². The quantitative estimate of drug-likeness (QED) is 0.835. The third-order valence-corrected chi connectivity index (χ3v) is 4.56. The highest BCUT2D eigenvalue weighted by atomic mass is 79.9. The van der Waals surface area contributed by atoms with Crippen LogP contribution in [0.25, 0.3) is 0 Å². The second kappa shape index (κ2) is 6.52. The van der Waals surface area contributed by atoms with Crippen LogP contribution in [0.2, 0.25) is 0 Å². The van der Waals surface area contributed by atoms with Crippen molar-refractivity contribution < 1.29 is 4.79 Å². The number of aromatic nitrogens is 2. The third-order valence-electron chi connectivity index (χ3n) is 3.53. The predicted octanol–water partition coefficient (Wildman–Crippen LogP) is 1.59. The van der Waals surface area contributed by atoms with Crippen LogP contribution in [0.1, 0.15) is 30.7 Å². The first-order valence-electron chi connectivity index (χ1n) is 6.76. The number of hydrogen-bond acceptors (Lipinski definition) is 3. The van der Waals surface area contributed by atoms with E-state index in [-0.39, 0.29) is 5.91 Å². The number of nitrogens with one attached hydrogen (secondary N) is 1. The molecule has 6 heteroatoms. The topological polar surface area (TPSA) is 50.2 Å². The molecule has 19 heavy (non-hydrogen) atoms. The molecule has 2 rings (SSSR count). The third kappa shape index (κ3) is 3.57. The number of nitrogens with zero attached hydrogens (tertiary/aromatic N) is 3. The minimum absolute atomic E-state index is 0.269. The van der Waals surface area contributed by atoms with Gasteiger partial charge >= 0.3 is 0 Å². The molecule has 1 amide bonds. The van der Waals surface area contributed by atoms with Crippen molar-refractivity contribution in [1.82, 2.24) is 20.0 Å². The maximum atomic E-state index is 11.9. The highest BCUT2D eigenvalue weighted by molar-refractivity contribution is 9.10. The van der Waals surface area contributed by atoms with Gasteiger partial charge in [0, 0.05) is 39.6 Å². The lowest BCUT2D eigenvalue weighted by molar-refractivity contribution is -0.130. The second-order valence-electron chi connectivity index (χ2n) is 4.98. The van der Waals surface area contributed by atoms with Crippen LogP contribution in [-0.4, -0.2) is 40.2 Å². The Morgan fingerprint density at radius 2 is 2.11 bits per heavy atom. The van der Waals surface area contributed by atoms with E-state index in [0.29, 0.717) is 13.0 Å². The van der Waals surface area contributed by atoms with Gasteiger partial charge in [0.05, 0.1) is 15.9 Å². The van der Waals surface area contributed by atoms with Gasteiger partial charge in [-0.1, -0.05) is 0 Å². The molecule has 0 radical (unpaired) electrons. The van der Waals surface area contributed by atoms with Gasteiger partial charge in [-0.15, -0.1) is 0 Å². The van der Waals surface area contributed by atoms with Crippen molar-refractivity contribution >= 4 is 21.8 Å².